The Morgan fingerprint density at radius 2 is 1.63 bits per heavy atom. The van der Waals surface area contributed by atoms with Crippen molar-refractivity contribution in [3.05, 3.63) is 47.1 Å². The molecule has 7 rings (SSSR count). The van der Waals surface area contributed by atoms with Gasteiger partial charge in [0.15, 0.2) is 18.4 Å². The standard InChI is InChI=1S/C48H74O14/c1-11-25(2)43-28(5)17-18-47(62-43)23-34-20-33(61-47)16-15-27(4)42(26(3)13-12-14-32-24-55-45-40(49)29(6)19-35(46(51)58-34)48(32,45)52)59-39-22-37(54-10)44(31(8)57-39)60-38-21-36(53-9)41(50)30(7)56-38/h12-15,19,25-26,28,30-31,33-45,49-50,52H,11,16-18,20-24H2,1-10H3/b13-12+,27-15-,32-14-/t25-,26-,28-,30-,31-,33+,34+,35-,36-,37-,38-,39-,40+,41-,42-,43+,44-,45-,47+,48-/m0/s1. The van der Waals surface area contributed by atoms with Crippen molar-refractivity contribution in [2.75, 3.05) is 20.8 Å². The molecule has 6 aliphatic heterocycles. The molecule has 1 spiro atoms. The van der Waals surface area contributed by atoms with Crippen molar-refractivity contribution in [1.82, 2.24) is 0 Å². The van der Waals surface area contributed by atoms with Crippen molar-refractivity contribution in [3.8, 4) is 0 Å². The molecule has 0 amide bonds. The minimum absolute atomic E-state index is 0.00708. The number of aliphatic hydroxyl groups excluding tert-OH is 2. The zero-order chi connectivity index (χ0) is 44.7. The summed E-state index contributed by atoms with van der Waals surface area (Å²) in [5.74, 6) is -2.10. The van der Waals surface area contributed by atoms with Crippen LogP contribution in [-0.2, 0) is 52.2 Å². The van der Waals surface area contributed by atoms with Crippen LogP contribution in [0.2, 0.25) is 0 Å². The minimum atomic E-state index is -1.82. The van der Waals surface area contributed by atoms with Crippen LogP contribution < -0.4 is 0 Å². The molecule has 0 radical (unpaired) electrons. The first-order valence-electron chi connectivity index (χ1n) is 23.2. The van der Waals surface area contributed by atoms with E-state index in [0.29, 0.717) is 61.5 Å². The summed E-state index contributed by atoms with van der Waals surface area (Å²) in [6, 6.07) is 0. The number of carbonyl (C=O) groups is 1. The lowest BCUT2D eigenvalue weighted by molar-refractivity contribution is -0.340. The van der Waals surface area contributed by atoms with Crippen LogP contribution in [0.5, 0.6) is 0 Å². The van der Waals surface area contributed by atoms with Crippen molar-refractivity contribution >= 4 is 5.97 Å². The van der Waals surface area contributed by atoms with Crippen LogP contribution in [0.4, 0.5) is 0 Å². The zero-order valence-electron chi connectivity index (χ0n) is 38.5. The Morgan fingerprint density at radius 3 is 2.35 bits per heavy atom. The van der Waals surface area contributed by atoms with E-state index in [1.54, 1.807) is 40.2 Å². The van der Waals surface area contributed by atoms with Crippen LogP contribution >= 0.6 is 0 Å². The zero-order valence-corrected chi connectivity index (χ0v) is 38.5. The van der Waals surface area contributed by atoms with Gasteiger partial charge < -0.3 is 62.7 Å². The fraction of sp³-hybridized carbons (Fsp3) is 0.812. The van der Waals surface area contributed by atoms with Crippen LogP contribution in [0, 0.1) is 23.7 Å². The van der Waals surface area contributed by atoms with Gasteiger partial charge in [-0.25, -0.2) is 0 Å². The van der Waals surface area contributed by atoms with Gasteiger partial charge >= 0.3 is 5.97 Å². The number of hydrogen-bond acceptors (Lipinski definition) is 14. The monoisotopic (exact) mass is 875 g/mol. The fourth-order valence-electron chi connectivity index (χ4n) is 11.0. The van der Waals surface area contributed by atoms with Crippen molar-refractivity contribution in [2.45, 2.75) is 204 Å². The number of esters is 1. The molecule has 6 heterocycles. The fourth-order valence-corrected chi connectivity index (χ4v) is 11.0. The van der Waals surface area contributed by atoms with E-state index in [2.05, 4.69) is 40.7 Å². The highest BCUT2D eigenvalue weighted by Gasteiger charge is 2.60. The van der Waals surface area contributed by atoms with Gasteiger partial charge in [0.25, 0.3) is 0 Å². The molecule has 62 heavy (non-hydrogen) atoms. The topological polar surface area (TPSA) is 170 Å². The minimum Gasteiger partial charge on any atom is -0.462 e. The summed E-state index contributed by atoms with van der Waals surface area (Å²) in [7, 11) is 3.23. The molecule has 0 unspecified atom stereocenters. The SMILES string of the molecule is CC[C@H](C)[C@H]1O[C@]2(CC[C@@H]1C)C[C@H]1C[C@@H](C/C=C(/C)[C@@H](O[C@H]3C[C@H](OC)[C@@H](O[C@H]4C[C@H](OC)[C@@H](O)[C@H](C)O4)[C@H](C)O3)[C@@H](C)/C=C/C=C3/CO[C@H]4[C@H](O)C(C)=C[C@@H](C(=O)O1)[C@@]34O)O2. The van der Waals surface area contributed by atoms with Crippen molar-refractivity contribution < 1.29 is 67.5 Å². The summed E-state index contributed by atoms with van der Waals surface area (Å²) in [4.78, 5) is 14.4. The lowest BCUT2D eigenvalue weighted by Crippen LogP contribution is -2.58. The molecule has 0 aromatic carbocycles. The molecule has 0 saturated carbocycles. The van der Waals surface area contributed by atoms with Crippen LogP contribution in [0.15, 0.2) is 47.1 Å². The van der Waals surface area contributed by atoms with Crippen molar-refractivity contribution in [2.24, 2.45) is 23.7 Å². The van der Waals surface area contributed by atoms with Crippen LogP contribution in [0.3, 0.4) is 0 Å². The smallest absolute Gasteiger partial charge is 0.316 e. The second-order valence-corrected chi connectivity index (χ2v) is 19.4. The van der Waals surface area contributed by atoms with E-state index >= 15 is 0 Å². The third kappa shape index (κ3) is 9.73. The Labute approximate surface area is 368 Å². The largest absolute Gasteiger partial charge is 0.462 e. The van der Waals surface area contributed by atoms with E-state index in [1.165, 1.54) is 0 Å². The Morgan fingerprint density at radius 1 is 0.919 bits per heavy atom. The van der Waals surface area contributed by atoms with E-state index in [9.17, 15) is 20.1 Å². The summed E-state index contributed by atoms with van der Waals surface area (Å²) >= 11 is 0. The summed E-state index contributed by atoms with van der Waals surface area (Å²) in [5, 5.41) is 34.2. The lowest BCUT2D eigenvalue weighted by Gasteiger charge is -2.51. The molecule has 1 aliphatic carbocycles. The average molecular weight is 875 g/mol. The third-order valence-electron chi connectivity index (χ3n) is 14.9. The second-order valence-electron chi connectivity index (χ2n) is 19.4. The molecule has 3 N–H and O–H groups in total. The molecule has 14 nitrogen and oxygen atoms in total. The van der Waals surface area contributed by atoms with E-state index < -0.39 is 90.8 Å². The number of hydrogen-bond donors (Lipinski definition) is 3. The highest BCUT2D eigenvalue weighted by molar-refractivity contribution is 5.78. The van der Waals surface area contributed by atoms with Gasteiger partial charge in [0.1, 0.15) is 42.0 Å². The summed E-state index contributed by atoms with van der Waals surface area (Å²) < 4.78 is 63.9. The Kier molecular flexibility index (Phi) is 15.3. The molecule has 0 aromatic heterocycles. The number of allylic oxidation sites excluding steroid dienone is 2. The maximum Gasteiger partial charge on any atom is 0.316 e. The predicted octanol–water partition coefficient (Wildman–Crippen LogP) is 5.60. The number of aliphatic hydroxyl groups is 3. The van der Waals surface area contributed by atoms with Crippen LogP contribution in [-0.4, -0.2) is 139 Å². The first-order chi connectivity index (χ1) is 29.5. The number of carbonyl (C=O) groups excluding carboxylic acids is 1. The first kappa shape index (κ1) is 47.9. The van der Waals surface area contributed by atoms with E-state index in [-0.39, 0.29) is 30.8 Å². The van der Waals surface area contributed by atoms with Gasteiger partial charge in [0.05, 0.1) is 49.3 Å². The van der Waals surface area contributed by atoms with E-state index in [0.717, 1.165) is 18.4 Å². The van der Waals surface area contributed by atoms with Gasteiger partial charge in [0.2, 0.25) is 0 Å². The molecule has 20 atom stereocenters. The van der Waals surface area contributed by atoms with E-state index in [4.69, 9.17) is 47.4 Å². The summed E-state index contributed by atoms with van der Waals surface area (Å²) in [5.41, 5.74) is 0.188. The molecular weight excluding hydrogens is 801 g/mol. The van der Waals surface area contributed by atoms with Gasteiger partial charge in [-0.05, 0) is 69.1 Å². The predicted molar refractivity (Wildman–Crippen MR) is 227 cm³/mol. The second kappa shape index (κ2) is 19.8. The first-order valence-corrected chi connectivity index (χ1v) is 23.2. The molecule has 5 fully saturated rings. The Hall–Kier alpha value is -2.05. The number of fused-ring (bicyclic) bond motifs is 2. The molecule has 2 bridgehead atoms. The Balaban J connectivity index is 1.18. The molecule has 7 aliphatic rings. The van der Waals surface area contributed by atoms with Gasteiger partial charge in [-0.15, -0.1) is 0 Å². The Bertz CT molecular complexity index is 1680. The highest BCUT2D eigenvalue weighted by Crippen LogP contribution is 2.48. The number of ether oxygens (including phenoxy) is 10. The molecule has 14 heteroatoms. The van der Waals surface area contributed by atoms with Gasteiger partial charge in [0, 0.05) is 52.2 Å². The maximum atomic E-state index is 14.4. The normalized spacial score (nSPS) is 49.4. The lowest BCUT2D eigenvalue weighted by atomic mass is 9.71. The maximum absolute atomic E-state index is 14.4. The third-order valence-corrected chi connectivity index (χ3v) is 14.9. The van der Waals surface area contributed by atoms with Crippen molar-refractivity contribution in [3.63, 3.8) is 0 Å². The summed E-state index contributed by atoms with van der Waals surface area (Å²) in [6.07, 6.45) is 6.53. The molecule has 5 saturated heterocycles. The number of rotatable bonds is 8. The van der Waals surface area contributed by atoms with E-state index in [1.807, 2.05) is 19.1 Å². The average Bonchev–Trinajstić information content (AvgIpc) is 3.58. The van der Waals surface area contributed by atoms with Gasteiger partial charge in [-0.3, -0.25) is 4.79 Å². The molecule has 350 valence electrons. The van der Waals surface area contributed by atoms with Crippen LogP contribution in [0.1, 0.15) is 107 Å². The molecule has 0 aromatic rings. The quantitative estimate of drug-likeness (QED) is 0.204. The van der Waals surface area contributed by atoms with Crippen molar-refractivity contribution in [1.29, 1.82) is 0 Å². The van der Waals surface area contributed by atoms with Crippen LogP contribution in [0.25, 0.3) is 0 Å². The molecular formula is C48H74O14. The number of methoxy groups -OCH3 is 2. The van der Waals surface area contributed by atoms with Gasteiger partial charge in [-0.2, -0.15) is 0 Å². The summed E-state index contributed by atoms with van der Waals surface area (Å²) in [6.45, 7) is 16.3. The highest BCUT2D eigenvalue weighted by atomic mass is 16.7. The van der Waals surface area contributed by atoms with Gasteiger partial charge in [-0.1, -0.05) is 64.5 Å².